The van der Waals surface area contributed by atoms with Gasteiger partial charge in [0.15, 0.2) is 0 Å². The Labute approximate surface area is 260 Å². The fraction of sp³-hybridized carbons (Fsp3) is 0.545. The molecule has 11 nitrogen and oxygen atoms in total. The Hall–Kier alpha value is -3.83. The lowest BCUT2D eigenvalue weighted by molar-refractivity contribution is -0.132. The van der Waals surface area contributed by atoms with Gasteiger partial charge in [0, 0.05) is 13.1 Å². The summed E-state index contributed by atoms with van der Waals surface area (Å²) in [7, 11) is 1.25. The molecule has 11 heteroatoms. The maximum atomic E-state index is 13.7. The molecule has 2 aromatic rings. The fourth-order valence-electron chi connectivity index (χ4n) is 5.24. The average Bonchev–Trinajstić information content (AvgIpc) is 3.15. The number of hydrogen-bond donors (Lipinski definition) is 3. The number of benzene rings is 2. The van der Waals surface area contributed by atoms with Gasteiger partial charge < -0.3 is 24.6 Å². The zero-order valence-corrected chi connectivity index (χ0v) is 27.3. The predicted octanol–water partition coefficient (Wildman–Crippen LogP) is 4.98. The summed E-state index contributed by atoms with van der Waals surface area (Å²) in [6.07, 6.45) is -1.37. The zero-order valence-electron chi connectivity index (χ0n) is 27.3. The summed E-state index contributed by atoms with van der Waals surface area (Å²) in [4.78, 5) is 41.1. The Kier molecular flexibility index (Phi) is 10.9. The molecule has 0 radical (unpaired) electrons. The third-order valence-corrected chi connectivity index (χ3v) is 7.21. The molecule has 242 valence electrons. The summed E-state index contributed by atoms with van der Waals surface area (Å²) in [6, 6.07) is 15.1. The number of carbonyl (C=O) groups excluding carboxylic acids is 3. The average molecular weight is 613 g/mol. The molecule has 1 heterocycles. The molecular weight excluding hydrogens is 564 g/mol. The van der Waals surface area contributed by atoms with E-state index in [1.807, 2.05) is 85.7 Å². The summed E-state index contributed by atoms with van der Waals surface area (Å²) in [5.74, 6) is -0.279. The molecular formula is C33H48N4O7. The largest absolute Gasteiger partial charge is 0.508 e. The number of phenols is 1. The van der Waals surface area contributed by atoms with E-state index < -0.39 is 53.0 Å². The minimum absolute atomic E-state index is 0.142. The van der Waals surface area contributed by atoms with Gasteiger partial charge >= 0.3 is 12.2 Å². The molecule has 3 rings (SSSR count). The van der Waals surface area contributed by atoms with E-state index in [0.717, 1.165) is 11.1 Å². The summed E-state index contributed by atoms with van der Waals surface area (Å²) in [5.41, 5.74) is 2.45. The molecule has 0 saturated carbocycles. The molecule has 0 unspecified atom stereocenters. The monoisotopic (exact) mass is 612 g/mol. The van der Waals surface area contributed by atoms with Crippen molar-refractivity contribution in [1.29, 1.82) is 0 Å². The lowest BCUT2D eigenvalue weighted by Gasteiger charge is -2.35. The van der Waals surface area contributed by atoms with Crippen LogP contribution in [0.1, 0.15) is 66.5 Å². The van der Waals surface area contributed by atoms with Gasteiger partial charge in [-0.05, 0) is 69.7 Å². The third kappa shape index (κ3) is 9.59. The maximum Gasteiger partial charge on any atom is 0.412 e. The number of ether oxygens (including phenoxy) is 3. The van der Waals surface area contributed by atoms with E-state index in [1.165, 1.54) is 7.11 Å². The normalized spacial score (nSPS) is 18.9. The Bertz CT molecular complexity index is 1270. The number of hydrogen-bond acceptors (Lipinski definition) is 8. The van der Waals surface area contributed by atoms with Gasteiger partial charge in [0.25, 0.3) is 5.91 Å². The Balaban J connectivity index is 1.98. The molecule has 1 aliphatic rings. The summed E-state index contributed by atoms with van der Waals surface area (Å²) in [5, 5.41) is 14.2. The van der Waals surface area contributed by atoms with Crippen molar-refractivity contribution in [2.75, 3.05) is 13.7 Å². The van der Waals surface area contributed by atoms with Gasteiger partial charge in [-0.1, -0.05) is 63.2 Å². The number of nitrogens with zero attached hydrogens (tertiary/aromatic N) is 2. The van der Waals surface area contributed by atoms with Crippen LogP contribution in [-0.4, -0.2) is 76.3 Å². The molecule has 3 amide bonds. The van der Waals surface area contributed by atoms with Crippen molar-refractivity contribution >= 4 is 18.1 Å². The van der Waals surface area contributed by atoms with Gasteiger partial charge in [0.2, 0.25) is 0 Å². The number of phenolic OH excluding ortho intramolecular Hbond substituents is 1. The summed E-state index contributed by atoms with van der Waals surface area (Å²) < 4.78 is 17.1. The molecule has 0 spiro atoms. The number of carbonyl (C=O) groups is 3. The molecule has 0 aromatic heterocycles. The number of methoxy groups -OCH3 is 1. The second kappa shape index (κ2) is 13.9. The van der Waals surface area contributed by atoms with Gasteiger partial charge in [-0.3, -0.25) is 15.1 Å². The minimum atomic E-state index is -1.03. The zero-order chi connectivity index (χ0) is 32.9. The van der Waals surface area contributed by atoms with Crippen LogP contribution in [0.15, 0.2) is 54.6 Å². The summed E-state index contributed by atoms with van der Waals surface area (Å²) in [6.45, 7) is 15.2. The maximum absolute atomic E-state index is 13.7. The Morgan fingerprint density at radius 2 is 1.61 bits per heavy atom. The van der Waals surface area contributed by atoms with Gasteiger partial charge in [-0.25, -0.2) is 14.6 Å². The van der Waals surface area contributed by atoms with Crippen molar-refractivity contribution in [3.8, 4) is 5.75 Å². The molecule has 1 aliphatic heterocycles. The molecule has 3 atom stereocenters. The lowest BCUT2D eigenvalue weighted by Crippen LogP contribution is -2.58. The number of nitrogens with one attached hydrogen (secondary N) is 2. The van der Waals surface area contributed by atoms with Gasteiger partial charge in [0.05, 0.1) is 19.3 Å². The molecule has 0 bridgehead atoms. The molecule has 44 heavy (non-hydrogen) atoms. The van der Waals surface area contributed by atoms with Crippen LogP contribution in [0.4, 0.5) is 9.59 Å². The Morgan fingerprint density at radius 3 is 2.16 bits per heavy atom. The first kappa shape index (κ1) is 34.7. The molecule has 2 aromatic carbocycles. The lowest BCUT2D eigenvalue weighted by atomic mass is 9.86. The van der Waals surface area contributed by atoms with Crippen molar-refractivity contribution in [3.63, 3.8) is 0 Å². The Morgan fingerprint density at radius 1 is 1.00 bits per heavy atom. The van der Waals surface area contributed by atoms with Crippen LogP contribution in [0.2, 0.25) is 0 Å². The van der Waals surface area contributed by atoms with Gasteiger partial charge in [0.1, 0.15) is 23.1 Å². The van der Waals surface area contributed by atoms with Crippen LogP contribution in [0.3, 0.4) is 0 Å². The highest BCUT2D eigenvalue weighted by Crippen LogP contribution is 2.36. The quantitative estimate of drug-likeness (QED) is 0.338. The van der Waals surface area contributed by atoms with Gasteiger partial charge in [-0.2, -0.15) is 0 Å². The molecule has 1 saturated heterocycles. The second-order valence-corrected chi connectivity index (χ2v) is 13.7. The van der Waals surface area contributed by atoms with Crippen LogP contribution in [0, 0.1) is 5.41 Å². The fourth-order valence-corrected chi connectivity index (χ4v) is 5.24. The molecule has 1 fully saturated rings. The van der Waals surface area contributed by atoms with Crippen LogP contribution in [-0.2, 0) is 32.0 Å². The second-order valence-electron chi connectivity index (χ2n) is 13.7. The predicted molar refractivity (Wildman–Crippen MR) is 166 cm³/mol. The first-order valence-corrected chi connectivity index (χ1v) is 14.8. The first-order chi connectivity index (χ1) is 20.4. The number of amides is 3. The van der Waals surface area contributed by atoms with Crippen molar-refractivity contribution < 1.29 is 33.7 Å². The van der Waals surface area contributed by atoms with Gasteiger partial charge in [-0.15, -0.1) is 0 Å². The molecule has 0 aliphatic carbocycles. The third-order valence-electron chi connectivity index (χ3n) is 7.21. The topological polar surface area (TPSA) is 130 Å². The standard InChI is InChI=1S/C33H48N4O7/c1-31(2,3)27(34-29(40)42-9)28(39)35-36(20-23-13-11-10-12-14-23)21-26-25(19-22-15-17-24(38)18-16-22)37(33(7,8)43-26)30(41)44-32(4,5)6/h10-18,25-27,38H,19-21H2,1-9H3,(H,34,40)(H,35,39)/t25-,26-,27+/m0/s1. The number of aromatic hydroxyl groups is 1. The molecule has 3 N–H and O–H groups in total. The van der Waals surface area contributed by atoms with Crippen molar-refractivity contribution in [2.24, 2.45) is 5.41 Å². The smallest absolute Gasteiger partial charge is 0.412 e. The SMILES string of the molecule is COC(=O)N[C@H](C(=O)NN(Cc1ccccc1)C[C@@H]1OC(C)(C)N(C(=O)OC(C)(C)C)[C@H]1Cc1ccc(O)cc1)C(C)(C)C. The number of alkyl carbamates (subject to hydrolysis) is 1. The minimum Gasteiger partial charge on any atom is -0.508 e. The van der Waals surface area contributed by atoms with E-state index in [2.05, 4.69) is 10.7 Å². The van der Waals surface area contributed by atoms with E-state index in [-0.39, 0.29) is 12.3 Å². The highest BCUT2D eigenvalue weighted by Gasteiger charge is 2.51. The van der Waals surface area contributed by atoms with E-state index in [9.17, 15) is 19.5 Å². The first-order valence-electron chi connectivity index (χ1n) is 14.8. The van der Waals surface area contributed by atoms with E-state index in [0.29, 0.717) is 13.0 Å². The summed E-state index contributed by atoms with van der Waals surface area (Å²) >= 11 is 0. The number of hydrazine groups is 1. The van der Waals surface area contributed by atoms with Crippen LogP contribution >= 0.6 is 0 Å². The van der Waals surface area contributed by atoms with Crippen molar-refractivity contribution in [2.45, 2.75) is 97.9 Å². The van der Waals surface area contributed by atoms with E-state index in [1.54, 1.807) is 34.2 Å². The van der Waals surface area contributed by atoms with Crippen molar-refractivity contribution in [1.82, 2.24) is 20.7 Å². The van der Waals surface area contributed by atoms with Crippen LogP contribution in [0.5, 0.6) is 5.75 Å². The van der Waals surface area contributed by atoms with Crippen molar-refractivity contribution in [3.05, 3.63) is 65.7 Å². The number of rotatable bonds is 9. The highest BCUT2D eigenvalue weighted by atomic mass is 16.6. The van der Waals surface area contributed by atoms with Crippen LogP contribution < -0.4 is 10.7 Å². The van der Waals surface area contributed by atoms with E-state index in [4.69, 9.17) is 14.2 Å². The highest BCUT2D eigenvalue weighted by molar-refractivity contribution is 5.86. The van der Waals surface area contributed by atoms with E-state index >= 15 is 0 Å². The van der Waals surface area contributed by atoms with Crippen LogP contribution in [0.25, 0.3) is 0 Å².